The second-order valence-corrected chi connectivity index (χ2v) is 11.1. The van der Waals surface area contributed by atoms with Gasteiger partial charge in [-0.1, -0.05) is 12.1 Å². The zero-order valence-corrected chi connectivity index (χ0v) is 23.3. The van der Waals surface area contributed by atoms with Crippen molar-refractivity contribution in [2.75, 3.05) is 19.6 Å². The summed E-state index contributed by atoms with van der Waals surface area (Å²) in [4.78, 5) is 43.9. The number of fused-ring (bicyclic) bond motifs is 1. The molecule has 2 heterocycles. The molecule has 3 amide bonds. The van der Waals surface area contributed by atoms with Crippen molar-refractivity contribution in [3.63, 3.8) is 0 Å². The Bertz CT molecular complexity index is 1360. The molecular weight excluding hydrogens is 601 g/mol. The molecule has 2 aliphatic heterocycles. The van der Waals surface area contributed by atoms with Crippen LogP contribution in [0.15, 0.2) is 42.5 Å². The van der Waals surface area contributed by atoms with E-state index < -0.39 is 59.8 Å². The van der Waals surface area contributed by atoms with Gasteiger partial charge in [0.15, 0.2) is 0 Å². The molecule has 2 aromatic carbocycles. The molecule has 0 spiro atoms. The highest BCUT2D eigenvalue weighted by molar-refractivity contribution is 5.90. The van der Waals surface area contributed by atoms with Crippen LogP contribution in [-0.4, -0.2) is 70.5 Å². The highest BCUT2D eigenvalue weighted by Crippen LogP contribution is 2.37. The number of alkyl halides is 6. The lowest BCUT2D eigenvalue weighted by Gasteiger charge is -2.51. The molecule has 2 atom stereocenters. The van der Waals surface area contributed by atoms with Gasteiger partial charge in [0.05, 0.1) is 17.7 Å². The van der Waals surface area contributed by atoms with E-state index in [1.165, 1.54) is 34.1 Å². The maximum Gasteiger partial charge on any atom is 0.416 e. The molecule has 2 saturated heterocycles. The van der Waals surface area contributed by atoms with E-state index in [2.05, 4.69) is 5.32 Å². The lowest BCUT2D eigenvalue weighted by atomic mass is 10.0. The second kappa shape index (κ2) is 12.3. The number of carbonyl (C=O) groups is 3. The van der Waals surface area contributed by atoms with Gasteiger partial charge >= 0.3 is 18.4 Å². The van der Waals surface area contributed by atoms with Crippen molar-refractivity contribution in [3.8, 4) is 0 Å². The minimum atomic E-state index is -5.07. The SMILES string of the molecule is O=C1[C@H](CCNC2CC2)N2C(=O)CCN(C(=O)OCc3cc(C(F)(F)F)cc(C(F)(F)F)c3)[C@H]2CN1Cc1ccc(F)cc1. The minimum Gasteiger partial charge on any atom is -0.444 e. The van der Waals surface area contributed by atoms with Gasteiger partial charge in [0.25, 0.3) is 0 Å². The summed E-state index contributed by atoms with van der Waals surface area (Å²) in [7, 11) is 0. The molecule has 1 N–H and O–H groups in total. The average Bonchev–Trinajstić information content (AvgIpc) is 3.78. The molecule has 5 rings (SSSR count). The maximum absolute atomic E-state index is 13.6. The molecule has 1 saturated carbocycles. The van der Waals surface area contributed by atoms with E-state index in [1.54, 1.807) is 0 Å². The molecule has 1 aliphatic carbocycles. The van der Waals surface area contributed by atoms with Crippen LogP contribution in [0.3, 0.4) is 0 Å². The van der Waals surface area contributed by atoms with Crippen LogP contribution in [0.4, 0.5) is 35.5 Å². The van der Waals surface area contributed by atoms with Gasteiger partial charge in [-0.05, 0) is 67.3 Å². The van der Waals surface area contributed by atoms with Crippen molar-refractivity contribution in [1.29, 1.82) is 0 Å². The number of hydrogen-bond donors (Lipinski definition) is 1. The number of piperazine rings is 1. The smallest absolute Gasteiger partial charge is 0.416 e. The number of halogens is 7. The van der Waals surface area contributed by atoms with Crippen LogP contribution in [0, 0.1) is 5.82 Å². The molecular formula is C29H29F7N4O4. The van der Waals surface area contributed by atoms with Gasteiger partial charge in [-0.25, -0.2) is 9.18 Å². The molecule has 238 valence electrons. The van der Waals surface area contributed by atoms with Gasteiger partial charge in [-0.2, -0.15) is 26.3 Å². The predicted octanol–water partition coefficient (Wildman–Crippen LogP) is 4.91. The number of nitrogens with zero attached hydrogens (tertiary/aromatic N) is 3. The summed E-state index contributed by atoms with van der Waals surface area (Å²) in [6.45, 7) is -0.691. The zero-order chi connectivity index (χ0) is 31.8. The third kappa shape index (κ3) is 7.25. The lowest BCUT2D eigenvalue weighted by Crippen LogP contribution is -2.71. The van der Waals surface area contributed by atoms with Crippen LogP contribution in [0.5, 0.6) is 0 Å². The molecule has 2 aromatic rings. The van der Waals surface area contributed by atoms with Crippen LogP contribution >= 0.6 is 0 Å². The standard InChI is InChI=1S/C29H29F7N4O4/c30-21-3-1-17(2-4-21)14-38-15-24-39(10-8-25(41)40(24)23(26(38)42)7-9-37-22-5-6-22)27(43)44-16-18-11-19(28(31,32)33)13-20(12-18)29(34,35)36/h1-4,11-13,22-24,37H,5-10,14-16H2/t23-,24+/m0/s1. The number of rotatable bonds is 8. The molecule has 0 radical (unpaired) electrons. The monoisotopic (exact) mass is 630 g/mol. The summed E-state index contributed by atoms with van der Waals surface area (Å²) in [5, 5.41) is 3.29. The van der Waals surface area contributed by atoms with Gasteiger partial charge in [0, 0.05) is 25.6 Å². The van der Waals surface area contributed by atoms with Crippen LogP contribution in [0.1, 0.15) is 47.9 Å². The first-order chi connectivity index (χ1) is 20.7. The van der Waals surface area contributed by atoms with Crippen molar-refractivity contribution >= 4 is 17.9 Å². The zero-order valence-electron chi connectivity index (χ0n) is 23.3. The minimum absolute atomic E-state index is 0.0214. The maximum atomic E-state index is 13.6. The molecule has 8 nitrogen and oxygen atoms in total. The van der Waals surface area contributed by atoms with E-state index >= 15 is 0 Å². The van der Waals surface area contributed by atoms with Gasteiger partial charge in [-0.3, -0.25) is 14.5 Å². The van der Waals surface area contributed by atoms with Gasteiger partial charge in [-0.15, -0.1) is 0 Å². The molecule has 0 unspecified atom stereocenters. The Kier molecular flexibility index (Phi) is 8.78. The van der Waals surface area contributed by atoms with Crippen LogP contribution < -0.4 is 5.32 Å². The van der Waals surface area contributed by atoms with Gasteiger partial charge in [0.1, 0.15) is 24.6 Å². The number of hydrogen-bond acceptors (Lipinski definition) is 5. The van der Waals surface area contributed by atoms with Crippen molar-refractivity contribution < 1.29 is 49.9 Å². The third-order valence-corrected chi connectivity index (χ3v) is 7.81. The predicted molar refractivity (Wildman–Crippen MR) is 140 cm³/mol. The van der Waals surface area contributed by atoms with E-state index in [0.717, 1.165) is 17.7 Å². The first-order valence-electron chi connectivity index (χ1n) is 14.0. The normalized spacial score (nSPS) is 21.0. The first kappa shape index (κ1) is 31.5. The summed E-state index contributed by atoms with van der Waals surface area (Å²) in [5.41, 5.74) is -3.01. The van der Waals surface area contributed by atoms with E-state index in [9.17, 15) is 45.1 Å². The van der Waals surface area contributed by atoms with Crippen molar-refractivity contribution in [2.45, 2.75) is 69.4 Å². The number of amides is 3. The average molecular weight is 631 g/mol. The number of carbonyl (C=O) groups excluding carboxylic acids is 3. The highest BCUT2D eigenvalue weighted by atomic mass is 19.4. The Morgan fingerprint density at radius 1 is 0.932 bits per heavy atom. The number of benzene rings is 2. The van der Waals surface area contributed by atoms with Crippen molar-refractivity contribution in [3.05, 3.63) is 70.5 Å². The van der Waals surface area contributed by atoms with E-state index in [4.69, 9.17) is 4.74 Å². The van der Waals surface area contributed by atoms with Crippen LogP contribution in [0.25, 0.3) is 0 Å². The largest absolute Gasteiger partial charge is 0.444 e. The molecule has 44 heavy (non-hydrogen) atoms. The van der Waals surface area contributed by atoms with Gasteiger partial charge in [0.2, 0.25) is 11.8 Å². The Hall–Kier alpha value is -3.88. The van der Waals surface area contributed by atoms with Crippen molar-refractivity contribution in [2.24, 2.45) is 0 Å². The van der Waals surface area contributed by atoms with Crippen LogP contribution in [-0.2, 0) is 39.8 Å². The van der Waals surface area contributed by atoms with Gasteiger partial charge < -0.3 is 19.9 Å². The summed E-state index contributed by atoms with van der Waals surface area (Å²) in [5.74, 6) is -1.21. The fourth-order valence-corrected chi connectivity index (χ4v) is 5.47. The fourth-order valence-electron chi connectivity index (χ4n) is 5.47. The molecule has 15 heteroatoms. The molecule has 0 aromatic heterocycles. The molecule has 3 fully saturated rings. The van der Waals surface area contributed by atoms with E-state index in [1.807, 2.05) is 0 Å². The Labute approximate surface area is 247 Å². The quantitative estimate of drug-likeness (QED) is 0.420. The Balaban J connectivity index is 1.37. The third-order valence-electron chi connectivity index (χ3n) is 7.81. The lowest BCUT2D eigenvalue weighted by molar-refractivity contribution is -0.168. The summed E-state index contributed by atoms with van der Waals surface area (Å²) in [6, 6.07) is 5.78. The highest BCUT2D eigenvalue weighted by Gasteiger charge is 2.49. The van der Waals surface area contributed by atoms with Crippen molar-refractivity contribution in [1.82, 2.24) is 20.0 Å². The molecule has 3 aliphatic rings. The van der Waals surface area contributed by atoms with E-state index in [0.29, 0.717) is 30.3 Å². The number of nitrogens with one attached hydrogen (secondary N) is 1. The summed E-state index contributed by atoms with van der Waals surface area (Å²) >= 11 is 0. The fraction of sp³-hybridized carbons (Fsp3) is 0.483. The first-order valence-corrected chi connectivity index (χ1v) is 14.0. The topological polar surface area (TPSA) is 82.2 Å². The second-order valence-electron chi connectivity index (χ2n) is 11.1. The summed E-state index contributed by atoms with van der Waals surface area (Å²) in [6.07, 6.45) is -10.1. The Morgan fingerprint density at radius 3 is 2.16 bits per heavy atom. The van der Waals surface area contributed by atoms with E-state index in [-0.39, 0.29) is 50.4 Å². The Morgan fingerprint density at radius 2 is 1.57 bits per heavy atom. The summed E-state index contributed by atoms with van der Waals surface area (Å²) < 4.78 is 98.4. The van der Waals surface area contributed by atoms with Crippen LogP contribution in [0.2, 0.25) is 0 Å². The molecule has 0 bridgehead atoms. The number of ether oxygens (including phenoxy) is 1.